The number of nitrogens with zero attached hydrogens (tertiary/aromatic N) is 3. The van der Waals surface area contributed by atoms with E-state index in [2.05, 4.69) is 25.9 Å². The number of nitro groups is 1. The fourth-order valence-electron chi connectivity index (χ4n) is 1.34. The SMILES string of the molecule is Cc1c(Cl)ncnc1Oc1cc(Br)cc([N+](=O)[O-])c1. The third kappa shape index (κ3) is 3.18. The molecule has 0 atom stereocenters. The Labute approximate surface area is 121 Å². The number of nitro benzene ring substituents is 1. The molecule has 0 N–H and O–H groups in total. The first-order valence-corrected chi connectivity index (χ1v) is 6.24. The smallest absolute Gasteiger partial charge is 0.274 e. The van der Waals surface area contributed by atoms with Gasteiger partial charge >= 0.3 is 0 Å². The molecule has 0 aliphatic carbocycles. The van der Waals surface area contributed by atoms with Crippen LogP contribution >= 0.6 is 27.5 Å². The monoisotopic (exact) mass is 343 g/mol. The molecule has 0 aliphatic heterocycles. The normalized spacial score (nSPS) is 10.3. The van der Waals surface area contributed by atoms with Crippen molar-refractivity contribution in [2.45, 2.75) is 6.92 Å². The number of hydrogen-bond acceptors (Lipinski definition) is 5. The highest BCUT2D eigenvalue weighted by Gasteiger charge is 2.12. The average Bonchev–Trinajstić information content (AvgIpc) is 2.34. The molecule has 8 heteroatoms. The van der Waals surface area contributed by atoms with Gasteiger partial charge in [-0.3, -0.25) is 10.1 Å². The van der Waals surface area contributed by atoms with Gasteiger partial charge in [0.1, 0.15) is 17.2 Å². The molecule has 1 heterocycles. The summed E-state index contributed by atoms with van der Waals surface area (Å²) in [5.41, 5.74) is 0.481. The molecule has 0 amide bonds. The van der Waals surface area contributed by atoms with Crippen molar-refractivity contribution >= 4 is 33.2 Å². The van der Waals surface area contributed by atoms with Gasteiger partial charge in [0.05, 0.1) is 11.0 Å². The van der Waals surface area contributed by atoms with Crippen LogP contribution in [0.4, 0.5) is 5.69 Å². The first-order chi connectivity index (χ1) is 8.97. The van der Waals surface area contributed by atoms with Gasteiger partial charge in [-0.25, -0.2) is 9.97 Å². The zero-order valence-corrected chi connectivity index (χ0v) is 12.0. The van der Waals surface area contributed by atoms with E-state index in [1.54, 1.807) is 13.0 Å². The average molecular weight is 345 g/mol. The number of benzene rings is 1. The highest BCUT2D eigenvalue weighted by molar-refractivity contribution is 9.10. The molecule has 0 spiro atoms. The fourth-order valence-corrected chi connectivity index (χ4v) is 1.93. The van der Waals surface area contributed by atoms with Crippen LogP contribution in [-0.4, -0.2) is 14.9 Å². The van der Waals surface area contributed by atoms with Crippen molar-refractivity contribution in [1.29, 1.82) is 0 Å². The zero-order valence-electron chi connectivity index (χ0n) is 9.63. The summed E-state index contributed by atoms with van der Waals surface area (Å²) in [6.45, 7) is 1.70. The van der Waals surface area contributed by atoms with Crippen molar-refractivity contribution < 1.29 is 9.66 Å². The van der Waals surface area contributed by atoms with Crippen LogP contribution in [0.25, 0.3) is 0 Å². The molecule has 0 aliphatic rings. The summed E-state index contributed by atoms with van der Waals surface area (Å²) < 4.78 is 6.03. The highest BCUT2D eigenvalue weighted by atomic mass is 79.9. The van der Waals surface area contributed by atoms with Gasteiger partial charge in [0.15, 0.2) is 0 Å². The quantitative estimate of drug-likeness (QED) is 0.479. The van der Waals surface area contributed by atoms with Gasteiger partial charge in [-0.2, -0.15) is 0 Å². The third-order valence-corrected chi connectivity index (χ3v) is 3.10. The lowest BCUT2D eigenvalue weighted by atomic mass is 10.3. The molecule has 1 aromatic carbocycles. The maximum Gasteiger partial charge on any atom is 0.274 e. The maximum absolute atomic E-state index is 10.8. The Hall–Kier alpha value is -1.73. The second-order valence-corrected chi connectivity index (χ2v) is 4.87. The van der Waals surface area contributed by atoms with Gasteiger partial charge in [-0.15, -0.1) is 0 Å². The lowest BCUT2D eigenvalue weighted by molar-refractivity contribution is -0.385. The van der Waals surface area contributed by atoms with Gasteiger partial charge in [0.25, 0.3) is 5.69 Å². The van der Waals surface area contributed by atoms with Gasteiger partial charge in [0, 0.05) is 16.1 Å². The van der Waals surface area contributed by atoms with E-state index in [-0.39, 0.29) is 16.7 Å². The second kappa shape index (κ2) is 5.50. The molecule has 98 valence electrons. The van der Waals surface area contributed by atoms with E-state index in [1.807, 2.05) is 0 Å². The minimum atomic E-state index is -0.503. The van der Waals surface area contributed by atoms with Crippen molar-refractivity contribution in [3.63, 3.8) is 0 Å². The molecule has 19 heavy (non-hydrogen) atoms. The van der Waals surface area contributed by atoms with E-state index in [1.165, 1.54) is 18.5 Å². The summed E-state index contributed by atoms with van der Waals surface area (Å²) in [5.74, 6) is 0.548. The molecular weight excluding hydrogens is 337 g/mol. The Bertz CT molecular complexity index is 651. The number of hydrogen-bond donors (Lipinski definition) is 0. The summed E-state index contributed by atoms with van der Waals surface area (Å²) in [7, 11) is 0. The van der Waals surface area contributed by atoms with Gasteiger partial charge in [-0.05, 0) is 13.0 Å². The Morgan fingerprint density at radius 1 is 1.37 bits per heavy atom. The molecule has 0 unspecified atom stereocenters. The van der Waals surface area contributed by atoms with Crippen molar-refractivity contribution in [1.82, 2.24) is 9.97 Å². The maximum atomic E-state index is 10.8. The molecule has 1 aromatic heterocycles. The van der Waals surface area contributed by atoms with E-state index in [0.29, 0.717) is 15.8 Å². The first kappa shape index (κ1) is 13.7. The van der Waals surface area contributed by atoms with E-state index in [9.17, 15) is 10.1 Å². The summed E-state index contributed by atoms with van der Waals surface area (Å²) >= 11 is 9.03. The Balaban J connectivity index is 2.38. The van der Waals surface area contributed by atoms with Crippen LogP contribution < -0.4 is 4.74 Å². The fraction of sp³-hybridized carbons (Fsp3) is 0.0909. The molecule has 0 saturated carbocycles. The zero-order chi connectivity index (χ0) is 14.0. The second-order valence-electron chi connectivity index (χ2n) is 3.60. The predicted octanol–water partition coefficient (Wildman–Crippen LogP) is 3.90. The minimum absolute atomic E-state index is 0.0813. The van der Waals surface area contributed by atoms with Gasteiger partial charge in [0.2, 0.25) is 5.88 Å². The van der Waals surface area contributed by atoms with Crippen LogP contribution in [0.1, 0.15) is 5.56 Å². The molecule has 0 saturated heterocycles. The van der Waals surface area contributed by atoms with Crippen LogP contribution in [0.15, 0.2) is 29.0 Å². The van der Waals surface area contributed by atoms with Crippen molar-refractivity contribution in [3.05, 3.63) is 49.8 Å². The predicted molar refractivity (Wildman–Crippen MR) is 72.6 cm³/mol. The van der Waals surface area contributed by atoms with E-state index in [0.717, 1.165) is 0 Å². The number of non-ortho nitro benzene ring substituents is 1. The number of rotatable bonds is 3. The van der Waals surface area contributed by atoms with Crippen molar-refractivity contribution in [3.8, 4) is 11.6 Å². The molecule has 2 aromatic rings. The molecule has 0 radical (unpaired) electrons. The standard InChI is InChI=1S/C11H7BrClN3O3/c1-6-10(13)14-5-15-11(6)19-9-3-7(12)2-8(4-9)16(17)18/h2-5H,1H3. The molecule has 2 rings (SSSR count). The lowest BCUT2D eigenvalue weighted by Crippen LogP contribution is -1.95. The minimum Gasteiger partial charge on any atom is -0.438 e. The molecule has 6 nitrogen and oxygen atoms in total. The first-order valence-electron chi connectivity index (χ1n) is 5.07. The topological polar surface area (TPSA) is 78.2 Å². The van der Waals surface area contributed by atoms with Crippen LogP contribution in [0.5, 0.6) is 11.6 Å². The van der Waals surface area contributed by atoms with Crippen LogP contribution in [0.2, 0.25) is 5.15 Å². The van der Waals surface area contributed by atoms with Crippen molar-refractivity contribution in [2.24, 2.45) is 0 Å². The van der Waals surface area contributed by atoms with Crippen LogP contribution in [0.3, 0.4) is 0 Å². The summed E-state index contributed by atoms with van der Waals surface area (Å²) in [5, 5.41) is 11.0. The largest absolute Gasteiger partial charge is 0.438 e. The van der Waals surface area contributed by atoms with Crippen molar-refractivity contribution in [2.75, 3.05) is 0 Å². The van der Waals surface area contributed by atoms with Gasteiger partial charge in [-0.1, -0.05) is 27.5 Å². The number of aromatic nitrogens is 2. The van der Waals surface area contributed by atoms with Crippen LogP contribution in [-0.2, 0) is 0 Å². The molecule has 0 fully saturated rings. The third-order valence-electron chi connectivity index (χ3n) is 2.26. The highest BCUT2D eigenvalue weighted by Crippen LogP contribution is 2.31. The van der Waals surface area contributed by atoms with E-state index >= 15 is 0 Å². The van der Waals surface area contributed by atoms with Gasteiger partial charge < -0.3 is 4.74 Å². The Morgan fingerprint density at radius 2 is 2.11 bits per heavy atom. The summed E-state index contributed by atoms with van der Waals surface area (Å²) in [6.07, 6.45) is 1.26. The molecular formula is C11H7BrClN3O3. The Kier molecular flexibility index (Phi) is 3.96. The van der Waals surface area contributed by atoms with E-state index in [4.69, 9.17) is 16.3 Å². The Morgan fingerprint density at radius 3 is 2.79 bits per heavy atom. The van der Waals surface area contributed by atoms with E-state index < -0.39 is 4.92 Å². The summed E-state index contributed by atoms with van der Waals surface area (Å²) in [6, 6.07) is 4.29. The molecule has 0 bridgehead atoms. The number of halogens is 2. The van der Waals surface area contributed by atoms with Crippen LogP contribution in [0, 0.1) is 17.0 Å². The lowest BCUT2D eigenvalue weighted by Gasteiger charge is -2.08. The summed E-state index contributed by atoms with van der Waals surface area (Å²) in [4.78, 5) is 18.0. The number of ether oxygens (including phenoxy) is 1.